The van der Waals surface area contributed by atoms with Gasteiger partial charge < -0.3 is 10.0 Å². The average Bonchev–Trinajstić information content (AvgIpc) is 2.68. The second-order valence-electron chi connectivity index (χ2n) is 3.87. The molecule has 0 aromatic carbocycles. The highest BCUT2D eigenvalue weighted by atomic mass is 16.4. The van der Waals surface area contributed by atoms with Gasteiger partial charge in [-0.05, 0) is 39.8 Å². The molecule has 0 aliphatic heterocycles. The summed E-state index contributed by atoms with van der Waals surface area (Å²) >= 11 is 0. The van der Waals surface area contributed by atoms with Crippen molar-refractivity contribution in [1.29, 1.82) is 0 Å². The van der Waals surface area contributed by atoms with Crippen LogP contribution in [0.3, 0.4) is 0 Å². The van der Waals surface area contributed by atoms with E-state index in [1.165, 1.54) is 12.8 Å². The van der Waals surface area contributed by atoms with Crippen molar-refractivity contribution in [2.75, 3.05) is 14.1 Å². The Kier molecular flexibility index (Phi) is 2.73. The first-order chi connectivity index (χ1) is 5.57. The molecule has 0 aromatic heterocycles. The number of hydrogen-bond acceptors (Lipinski definition) is 2. The molecule has 0 heterocycles. The molecule has 0 unspecified atom stereocenters. The van der Waals surface area contributed by atoms with Gasteiger partial charge in [-0.15, -0.1) is 0 Å². The molecule has 12 heavy (non-hydrogen) atoms. The van der Waals surface area contributed by atoms with Crippen LogP contribution in [0.2, 0.25) is 0 Å². The third-order valence-electron chi connectivity index (χ3n) is 2.81. The number of hydrogen-bond donors (Lipinski definition) is 1. The predicted molar refractivity (Wildman–Crippen MR) is 47.1 cm³/mol. The second-order valence-corrected chi connectivity index (χ2v) is 3.87. The molecule has 1 saturated carbocycles. The Morgan fingerprint density at radius 2 is 2.08 bits per heavy atom. The lowest BCUT2D eigenvalue weighted by Crippen LogP contribution is -2.29. The molecular weight excluding hydrogens is 154 g/mol. The van der Waals surface area contributed by atoms with E-state index in [-0.39, 0.29) is 0 Å². The van der Waals surface area contributed by atoms with Gasteiger partial charge in [0, 0.05) is 12.0 Å². The Labute approximate surface area is 73.4 Å². The molecule has 1 aliphatic carbocycles. The Morgan fingerprint density at radius 1 is 1.50 bits per heavy atom. The Hall–Kier alpha value is -0.570. The molecule has 1 fully saturated rings. The van der Waals surface area contributed by atoms with Crippen LogP contribution >= 0.6 is 0 Å². The summed E-state index contributed by atoms with van der Waals surface area (Å²) in [6.45, 7) is 0. The Morgan fingerprint density at radius 3 is 2.42 bits per heavy atom. The van der Waals surface area contributed by atoms with Crippen molar-refractivity contribution in [3.63, 3.8) is 0 Å². The number of carboxylic acid groups (broad SMARTS) is 1. The van der Waals surface area contributed by atoms with Crippen molar-refractivity contribution >= 4 is 5.97 Å². The molecule has 1 aliphatic rings. The zero-order valence-electron chi connectivity index (χ0n) is 7.84. The molecule has 0 atom stereocenters. The predicted octanol–water partition coefficient (Wildman–Crippen LogP) is 1.34. The highest BCUT2D eigenvalue weighted by Crippen LogP contribution is 2.44. The SMILES string of the molecule is CN(C)C1(CCCC(=O)O)CC1. The third-order valence-corrected chi connectivity index (χ3v) is 2.81. The van der Waals surface area contributed by atoms with Crippen LogP contribution in [-0.2, 0) is 4.79 Å². The first-order valence-corrected chi connectivity index (χ1v) is 4.46. The maximum Gasteiger partial charge on any atom is 0.303 e. The molecule has 0 radical (unpaired) electrons. The molecule has 0 bridgehead atoms. The molecule has 70 valence electrons. The van der Waals surface area contributed by atoms with E-state index in [0.29, 0.717) is 12.0 Å². The average molecular weight is 171 g/mol. The van der Waals surface area contributed by atoms with Gasteiger partial charge in [-0.2, -0.15) is 0 Å². The van der Waals surface area contributed by atoms with Gasteiger partial charge in [0.05, 0.1) is 0 Å². The van der Waals surface area contributed by atoms with Crippen LogP contribution in [0.4, 0.5) is 0 Å². The number of carboxylic acids is 1. The molecular formula is C9H17NO2. The van der Waals surface area contributed by atoms with E-state index in [4.69, 9.17) is 5.11 Å². The second kappa shape index (κ2) is 3.44. The minimum Gasteiger partial charge on any atom is -0.481 e. The summed E-state index contributed by atoms with van der Waals surface area (Å²) in [6.07, 6.45) is 4.63. The summed E-state index contributed by atoms with van der Waals surface area (Å²) in [6, 6.07) is 0. The van der Waals surface area contributed by atoms with Crippen molar-refractivity contribution in [2.45, 2.75) is 37.6 Å². The van der Waals surface area contributed by atoms with Gasteiger partial charge in [-0.3, -0.25) is 4.79 Å². The van der Waals surface area contributed by atoms with E-state index in [9.17, 15) is 4.79 Å². The molecule has 0 spiro atoms. The number of nitrogens with zero attached hydrogens (tertiary/aromatic N) is 1. The number of carbonyl (C=O) groups is 1. The van der Waals surface area contributed by atoms with Crippen molar-refractivity contribution in [3.05, 3.63) is 0 Å². The zero-order valence-corrected chi connectivity index (χ0v) is 7.84. The lowest BCUT2D eigenvalue weighted by atomic mass is 10.1. The summed E-state index contributed by atoms with van der Waals surface area (Å²) in [5, 5.41) is 8.46. The van der Waals surface area contributed by atoms with Crippen LogP contribution < -0.4 is 0 Å². The lowest BCUT2D eigenvalue weighted by molar-refractivity contribution is -0.137. The van der Waals surface area contributed by atoms with Crippen LogP contribution in [0.1, 0.15) is 32.1 Å². The topological polar surface area (TPSA) is 40.5 Å². The summed E-state index contributed by atoms with van der Waals surface area (Å²) in [5.74, 6) is -0.676. The van der Waals surface area contributed by atoms with E-state index in [0.717, 1.165) is 12.8 Å². The van der Waals surface area contributed by atoms with Gasteiger partial charge in [-0.1, -0.05) is 0 Å². The quantitative estimate of drug-likeness (QED) is 0.678. The normalized spacial score (nSPS) is 19.6. The summed E-state index contributed by atoms with van der Waals surface area (Å²) < 4.78 is 0. The first kappa shape index (κ1) is 9.52. The molecule has 3 nitrogen and oxygen atoms in total. The van der Waals surface area contributed by atoms with Gasteiger partial charge in [0.15, 0.2) is 0 Å². The van der Waals surface area contributed by atoms with Gasteiger partial charge in [0.1, 0.15) is 0 Å². The van der Waals surface area contributed by atoms with E-state index in [1.807, 2.05) is 0 Å². The van der Waals surface area contributed by atoms with E-state index >= 15 is 0 Å². The van der Waals surface area contributed by atoms with Gasteiger partial charge in [0.25, 0.3) is 0 Å². The minimum absolute atomic E-state index is 0.315. The molecule has 0 amide bonds. The molecule has 0 saturated heterocycles. The molecule has 1 rings (SSSR count). The summed E-state index contributed by atoms with van der Waals surface area (Å²) in [4.78, 5) is 12.5. The van der Waals surface area contributed by atoms with Crippen molar-refractivity contribution < 1.29 is 9.90 Å². The first-order valence-electron chi connectivity index (χ1n) is 4.46. The third kappa shape index (κ3) is 2.21. The number of rotatable bonds is 5. The minimum atomic E-state index is -0.676. The van der Waals surface area contributed by atoms with E-state index in [2.05, 4.69) is 19.0 Å². The van der Waals surface area contributed by atoms with Crippen LogP contribution in [0.15, 0.2) is 0 Å². The fourth-order valence-electron chi connectivity index (χ4n) is 1.63. The van der Waals surface area contributed by atoms with Crippen LogP contribution in [0, 0.1) is 0 Å². The fourth-order valence-corrected chi connectivity index (χ4v) is 1.63. The Balaban J connectivity index is 2.18. The zero-order chi connectivity index (χ0) is 9.19. The van der Waals surface area contributed by atoms with Gasteiger partial charge >= 0.3 is 5.97 Å². The van der Waals surface area contributed by atoms with Crippen molar-refractivity contribution in [1.82, 2.24) is 4.90 Å². The largest absolute Gasteiger partial charge is 0.481 e. The van der Waals surface area contributed by atoms with Gasteiger partial charge in [-0.25, -0.2) is 0 Å². The summed E-state index contributed by atoms with van der Waals surface area (Å²) in [7, 11) is 4.15. The summed E-state index contributed by atoms with van der Waals surface area (Å²) in [5.41, 5.74) is 0.357. The fraction of sp³-hybridized carbons (Fsp3) is 0.889. The highest BCUT2D eigenvalue weighted by Gasteiger charge is 2.43. The molecule has 1 N–H and O–H groups in total. The highest BCUT2D eigenvalue weighted by molar-refractivity contribution is 5.66. The smallest absolute Gasteiger partial charge is 0.303 e. The maximum atomic E-state index is 10.3. The number of aliphatic carboxylic acids is 1. The maximum absolute atomic E-state index is 10.3. The van der Waals surface area contributed by atoms with Gasteiger partial charge in [0.2, 0.25) is 0 Å². The molecule has 0 aromatic rings. The molecule has 3 heteroatoms. The van der Waals surface area contributed by atoms with Crippen LogP contribution in [0.25, 0.3) is 0 Å². The van der Waals surface area contributed by atoms with Crippen molar-refractivity contribution in [2.24, 2.45) is 0 Å². The Bertz CT molecular complexity index is 173. The van der Waals surface area contributed by atoms with E-state index in [1.54, 1.807) is 0 Å². The monoisotopic (exact) mass is 171 g/mol. The van der Waals surface area contributed by atoms with E-state index < -0.39 is 5.97 Å². The van der Waals surface area contributed by atoms with Crippen molar-refractivity contribution in [3.8, 4) is 0 Å². The van der Waals surface area contributed by atoms with Crippen LogP contribution in [0.5, 0.6) is 0 Å². The lowest BCUT2D eigenvalue weighted by Gasteiger charge is -2.23. The standard InChI is InChI=1S/C9H17NO2/c1-10(2)9(6-7-9)5-3-4-8(11)12/h3-7H2,1-2H3,(H,11,12). The van der Waals surface area contributed by atoms with Crippen LogP contribution in [-0.4, -0.2) is 35.6 Å².